The second-order valence-electron chi connectivity index (χ2n) is 5.65. The van der Waals surface area contributed by atoms with Gasteiger partial charge >= 0.3 is 0 Å². The molecule has 0 aliphatic carbocycles. The van der Waals surface area contributed by atoms with Gasteiger partial charge in [0.25, 0.3) is 0 Å². The van der Waals surface area contributed by atoms with E-state index in [4.69, 9.17) is 0 Å². The van der Waals surface area contributed by atoms with Crippen molar-refractivity contribution in [3.05, 3.63) is 0 Å². The van der Waals surface area contributed by atoms with E-state index in [9.17, 15) is 19.2 Å². The Bertz CT molecular complexity index is 353. The molecule has 0 unspecified atom stereocenters. The van der Waals surface area contributed by atoms with Gasteiger partial charge in [-0.1, -0.05) is 27.7 Å². The number of Topliss-reactive ketones (excluding diaryl/α,β-unsaturated/α-hetero) is 2. The molecular weight excluding hydrogens is 272 g/mol. The van der Waals surface area contributed by atoms with Gasteiger partial charge in [0, 0.05) is 24.7 Å². The van der Waals surface area contributed by atoms with Gasteiger partial charge in [0.1, 0.15) is 0 Å². The van der Waals surface area contributed by atoms with E-state index in [0.29, 0.717) is 6.42 Å². The smallest absolute Gasteiger partial charge is 0.220 e. The fraction of sp³-hybridized carbons (Fsp3) is 0.733. The summed E-state index contributed by atoms with van der Waals surface area (Å²) < 4.78 is 0. The van der Waals surface area contributed by atoms with E-state index in [1.807, 2.05) is 0 Å². The highest BCUT2D eigenvalue weighted by Crippen LogP contribution is 1.98. The Labute approximate surface area is 126 Å². The lowest BCUT2D eigenvalue weighted by atomic mass is 10.1. The molecule has 2 N–H and O–H groups in total. The monoisotopic (exact) mass is 298 g/mol. The lowest BCUT2D eigenvalue weighted by Crippen LogP contribution is -2.33. The van der Waals surface area contributed by atoms with Gasteiger partial charge in [-0.3, -0.25) is 19.2 Å². The summed E-state index contributed by atoms with van der Waals surface area (Å²) >= 11 is 0. The van der Waals surface area contributed by atoms with Crippen LogP contribution in [0.1, 0.15) is 47.0 Å². The van der Waals surface area contributed by atoms with Crippen molar-refractivity contribution < 1.29 is 19.2 Å². The Morgan fingerprint density at radius 3 is 1.33 bits per heavy atom. The van der Waals surface area contributed by atoms with Crippen molar-refractivity contribution in [2.24, 2.45) is 11.8 Å². The van der Waals surface area contributed by atoms with E-state index in [2.05, 4.69) is 10.6 Å². The summed E-state index contributed by atoms with van der Waals surface area (Å²) in [5.41, 5.74) is 0. The quantitative estimate of drug-likeness (QED) is 0.625. The van der Waals surface area contributed by atoms with Crippen LogP contribution < -0.4 is 10.6 Å². The number of carbonyl (C=O) groups is 4. The summed E-state index contributed by atoms with van der Waals surface area (Å²) in [6.07, 6.45) is 0.775. The first-order chi connectivity index (χ1) is 9.73. The van der Waals surface area contributed by atoms with E-state index >= 15 is 0 Å². The number of ketones is 2. The zero-order chi connectivity index (χ0) is 16.4. The Morgan fingerprint density at radius 1 is 0.714 bits per heavy atom. The molecule has 0 spiro atoms. The molecule has 0 aromatic heterocycles. The molecule has 0 heterocycles. The Kier molecular flexibility index (Phi) is 9.25. The first kappa shape index (κ1) is 19.3. The van der Waals surface area contributed by atoms with Crippen LogP contribution in [0.3, 0.4) is 0 Å². The van der Waals surface area contributed by atoms with Gasteiger partial charge < -0.3 is 10.6 Å². The minimum absolute atomic E-state index is 0.0201. The van der Waals surface area contributed by atoms with Gasteiger partial charge in [0.15, 0.2) is 11.6 Å². The molecule has 0 aliphatic heterocycles. The van der Waals surface area contributed by atoms with Gasteiger partial charge in [-0.05, 0) is 6.42 Å². The maximum absolute atomic E-state index is 11.5. The maximum Gasteiger partial charge on any atom is 0.220 e. The number of rotatable bonds is 10. The van der Waals surface area contributed by atoms with Crippen LogP contribution in [0.25, 0.3) is 0 Å². The lowest BCUT2D eigenvalue weighted by molar-refractivity contribution is -0.127. The number of hydrogen-bond acceptors (Lipinski definition) is 4. The lowest BCUT2D eigenvalue weighted by Gasteiger charge is -2.07. The molecule has 0 rings (SSSR count). The van der Waals surface area contributed by atoms with E-state index in [0.717, 1.165) is 0 Å². The highest BCUT2D eigenvalue weighted by molar-refractivity contribution is 5.88. The predicted octanol–water partition coefficient (Wildman–Crippen LogP) is 0.839. The zero-order valence-electron chi connectivity index (χ0n) is 13.3. The zero-order valence-corrected chi connectivity index (χ0v) is 13.3. The molecule has 21 heavy (non-hydrogen) atoms. The molecule has 6 nitrogen and oxygen atoms in total. The van der Waals surface area contributed by atoms with E-state index in [1.165, 1.54) is 0 Å². The van der Waals surface area contributed by atoms with Crippen LogP contribution >= 0.6 is 0 Å². The number of hydrogen-bond donors (Lipinski definition) is 2. The summed E-state index contributed by atoms with van der Waals surface area (Å²) in [6.45, 7) is 7.17. The molecule has 0 aliphatic rings. The first-order valence-corrected chi connectivity index (χ1v) is 7.32. The third-order valence-corrected chi connectivity index (χ3v) is 3.02. The average molecular weight is 298 g/mol. The molecule has 0 aromatic rings. The molecule has 0 atom stereocenters. The van der Waals surface area contributed by atoms with Crippen LogP contribution in [-0.2, 0) is 19.2 Å². The van der Waals surface area contributed by atoms with Crippen molar-refractivity contribution >= 4 is 23.4 Å². The standard InChI is InChI=1S/C15H26N2O4/c1-10(2)12(18)8-16-14(20)6-5-7-15(21)17-9-13(19)11(3)4/h10-11H,5-9H2,1-4H3,(H,16,20)(H,17,21). The summed E-state index contributed by atoms with van der Waals surface area (Å²) in [5, 5.41) is 5.06. The van der Waals surface area contributed by atoms with E-state index in [1.54, 1.807) is 27.7 Å². The molecule has 0 radical (unpaired) electrons. The summed E-state index contributed by atoms with van der Waals surface area (Å²) in [7, 11) is 0. The van der Waals surface area contributed by atoms with Crippen molar-refractivity contribution in [2.75, 3.05) is 13.1 Å². The van der Waals surface area contributed by atoms with Crippen molar-refractivity contribution in [3.8, 4) is 0 Å². The molecular formula is C15H26N2O4. The Hall–Kier alpha value is -1.72. The van der Waals surface area contributed by atoms with Crippen LogP contribution in [0.4, 0.5) is 0 Å². The second kappa shape index (κ2) is 10.1. The van der Waals surface area contributed by atoms with Crippen LogP contribution in [0.2, 0.25) is 0 Å². The summed E-state index contributed by atoms with van der Waals surface area (Å²) in [5.74, 6) is -0.726. The molecule has 0 bridgehead atoms. The summed E-state index contributed by atoms with van der Waals surface area (Å²) in [6, 6.07) is 0. The van der Waals surface area contributed by atoms with Gasteiger partial charge in [0.05, 0.1) is 13.1 Å². The molecule has 0 aromatic carbocycles. The molecule has 0 saturated heterocycles. The first-order valence-electron chi connectivity index (χ1n) is 7.32. The van der Waals surface area contributed by atoms with Gasteiger partial charge in [-0.2, -0.15) is 0 Å². The SMILES string of the molecule is CC(C)C(=O)CNC(=O)CCCC(=O)NCC(=O)C(C)C. The van der Waals surface area contributed by atoms with Crippen molar-refractivity contribution in [1.82, 2.24) is 10.6 Å². The molecule has 2 amide bonds. The van der Waals surface area contributed by atoms with Crippen molar-refractivity contribution in [1.29, 1.82) is 0 Å². The second-order valence-corrected chi connectivity index (χ2v) is 5.65. The minimum atomic E-state index is -0.241. The maximum atomic E-state index is 11.5. The summed E-state index contributed by atoms with van der Waals surface area (Å²) in [4.78, 5) is 45.6. The highest BCUT2D eigenvalue weighted by atomic mass is 16.2. The van der Waals surface area contributed by atoms with Crippen LogP contribution in [0, 0.1) is 11.8 Å². The normalized spacial score (nSPS) is 10.6. The largest absolute Gasteiger partial charge is 0.349 e. The van der Waals surface area contributed by atoms with Gasteiger partial charge in [-0.15, -0.1) is 0 Å². The van der Waals surface area contributed by atoms with Gasteiger partial charge in [-0.25, -0.2) is 0 Å². The van der Waals surface area contributed by atoms with Gasteiger partial charge in [0.2, 0.25) is 11.8 Å². The molecule has 0 fully saturated rings. The highest BCUT2D eigenvalue weighted by Gasteiger charge is 2.11. The fourth-order valence-electron chi connectivity index (χ4n) is 1.37. The Balaban J connectivity index is 3.74. The fourth-order valence-corrected chi connectivity index (χ4v) is 1.37. The van der Waals surface area contributed by atoms with Crippen molar-refractivity contribution in [2.45, 2.75) is 47.0 Å². The van der Waals surface area contributed by atoms with Crippen LogP contribution in [0.5, 0.6) is 0 Å². The molecule has 0 saturated carbocycles. The van der Waals surface area contributed by atoms with Crippen molar-refractivity contribution in [3.63, 3.8) is 0 Å². The predicted molar refractivity (Wildman–Crippen MR) is 79.6 cm³/mol. The molecule has 120 valence electrons. The number of carbonyl (C=O) groups excluding carboxylic acids is 4. The molecule has 6 heteroatoms. The third-order valence-electron chi connectivity index (χ3n) is 3.02. The third kappa shape index (κ3) is 9.76. The topological polar surface area (TPSA) is 92.3 Å². The van der Waals surface area contributed by atoms with E-state index in [-0.39, 0.29) is 61.1 Å². The van der Waals surface area contributed by atoms with Crippen LogP contribution in [0.15, 0.2) is 0 Å². The average Bonchev–Trinajstić information content (AvgIpc) is 2.41. The number of nitrogens with one attached hydrogen (secondary N) is 2. The number of amides is 2. The van der Waals surface area contributed by atoms with Crippen LogP contribution in [-0.4, -0.2) is 36.5 Å². The van der Waals surface area contributed by atoms with E-state index < -0.39 is 0 Å². The Morgan fingerprint density at radius 2 is 1.05 bits per heavy atom. The minimum Gasteiger partial charge on any atom is -0.349 e.